The number of nitrogens with two attached hydrogens (primary N) is 1. The molecule has 146 valence electrons. The zero-order valence-corrected chi connectivity index (χ0v) is 16.9. The first kappa shape index (κ1) is 20.8. The Morgan fingerprint density at radius 1 is 1.30 bits per heavy atom. The standard InChI is InChI=1S/C15H20N6O4S2/c1-7(2)5-25-13(24)11-8(3)17-14(27-11)18-10(22)6-26-15-20-19-9(4)12(23)21(15)16/h7H,5-6,16H2,1-4H3,(H,17,18,22). The van der Waals surface area contributed by atoms with Crippen LogP contribution in [0.2, 0.25) is 0 Å². The van der Waals surface area contributed by atoms with E-state index in [-0.39, 0.29) is 33.6 Å². The second kappa shape index (κ2) is 8.95. The van der Waals surface area contributed by atoms with Crippen LogP contribution in [0, 0.1) is 19.8 Å². The Morgan fingerprint density at radius 3 is 2.67 bits per heavy atom. The van der Waals surface area contributed by atoms with E-state index < -0.39 is 11.5 Å². The predicted molar refractivity (Wildman–Crippen MR) is 103 cm³/mol. The second-order valence-electron chi connectivity index (χ2n) is 6.01. The summed E-state index contributed by atoms with van der Waals surface area (Å²) in [6.45, 7) is 7.36. The van der Waals surface area contributed by atoms with Crippen molar-refractivity contribution >= 4 is 40.1 Å². The first-order valence-electron chi connectivity index (χ1n) is 7.97. The molecule has 0 saturated carbocycles. The lowest BCUT2D eigenvalue weighted by Gasteiger charge is -2.06. The number of nitrogens with one attached hydrogen (secondary N) is 1. The number of hydrogen-bond donors (Lipinski definition) is 2. The molecule has 0 unspecified atom stereocenters. The van der Waals surface area contributed by atoms with E-state index in [2.05, 4.69) is 20.5 Å². The molecule has 0 radical (unpaired) electrons. The second-order valence-corrected chi connectivity index (χ2v) is 7.95. The Bertz CT molecular complexity index is 908. The SMILES string of the molecule is Cc1nc(NC(=O)CSc2nnc(C)c(=O)n2N)sc1C(=O)OCC(C)C. The summed E-state index contributed by atoms with van der Waals surface area (Å²) in [5.74, 6) is 4.94. The monoisotopic (exact) mass is 412 g/mol. The number of hydrogen-bond acceptors (Lipinski definition) is 10. The minimum atomic E-state index is -0.479. The number of nitrogens with zero attached hydrogens (tertiary/aromatic N) is 4. The Kier molecular flexibility index (Phi) is 6.91. The van der Waals surface area contributed by atoms with E-state index in [1.54, 1.807) is 6.92 Å². The van der Waals surface area contributed by atoms with E-state index in [1.165, 1.54) is 6.92 Å². The van der Waals surface area contributed by atoms with Gasteiger partial charge in [-0.15, -0.1) is 10.2 Å². The Morgan fingerprint density at radius 2 is 2.00 bits per heavy atom. The van der Waals surface area contributed by atoms with Gasteiger partial charge in [0.2, 0.25) is 11.1 Å². The molecule has 0 bridgehead atoms. The molecule has 10 nitrogen and oxygen atoms in total. The summed E-state index contributed by atoms with van der Waals surface area (Å²) in [6.07, 6.45) is 0. The fourth-order valence-corrected chi connectivity index (χ4v) is 3.33. The number of carbonyl (C=O) groups is 2. The molecule has 0 atom stereocenters. The number of aryl methyl sites for hydroxylation is 2. The van der Waals surface area contributed by atoms with Crippen LogP contribution in [0.25, 0.3) is 0 Å². The fraction of sp³-hybridized carbons (Fsp3) is 0.467. The van der Waals surface area contributed by atoms with E-state index in [9.17, 15) is 14.4 Å². The average Bonchev–Trinajstić information content (AvgIpc) is 2.97. The van der Waals surface area contributed by atoms with Gasteiger partial charge in [-0.2, -0.15) is 4.68 Å². The Hall–Kier alpha value is -2.47. The van der Waals surface area contributed by atoms with Crippen molar-refractivity contribution in [3.8, 4) is 0 Å². The Labute approximate surface area is 163 Å². The number of rotatable bonds is 7. The lowest BCUT2D eigenvalue weighted by Crippen LogP contribution is -2.32. The summed E-state index contributed by atoms with van der Waals surface area (Å²) in [6, 6.07) is 0. The van der Waals surface area contributed by atoms with Crippen LogP contribution < -0.4 is 16.7 Å². The summed E-state index contributed by atoms with van der Waals surface area (Å²) in [5.41, 5.74) is 0.173. The van der Waals surface area contributed by atoms with Crippen LogP contribution in [-0.4, -0.2) is 44.1 Å². The van der Waals surface area contributed by atoms with Gasteiger partial charge in [-0.25, -0.2) is 9.78 Å². The predicted octanol–water partition coefficient (Wildman–Crippen LogP) is 0.969. The van der Waals surface area contributed by atoms with Gasteiger partial charge in [0.25, 0.3) is 5.56 Å². The maximum absolute atomic E-state index is 12.1. The van der Waals surface area contributed by atoms with Gasteiger partial charge in [-0.1, -0.05) is 36.9 Å². The van der Waals surface area contributed by atoms with Crippen molar-refractivity contribution in [2.45, 2.75) is 32.9 Å². The van der Waals surface area contributed by atoms with Crippen LogP contribution in [0.3, 0.4) is 0 Å². The van der Waals surface area contributed by atoms with Gasteiger partial charge in [-0.05, 0) is 19.8 Å². The molecule has 0 spiro atoms. The molecular formula is C15H20N6O4S2. The third kappa shape index (κ3) is 5.50. The summed E-state index contributed by atoms with van der Waals surface area (Å²) in [5, 5.41) is 10.5. The van der Waals surface area contributed by atoms with Crippen molar-refractivity contribution < 1.29 is 14.3 Å². The highest BCUT2D eigenvalue weighted by molar-refractivity contribution is 7.99. The number of carbonyl (C=O) groups excluding carboxylic acids is 2. The topological polar surface area (TPSA) is 142 Å². The van der Waals surface area contributed by atoms with E-state index in [0.717, 1.165) is 27.8 Å². The number of ether oxygens (including phenoxy) is 1. The highest BCUT2D eigenvalue weighted by Gasteiger charge is 2.19. The smallest absolute Gasteiger partial charge is 0.350 e. The van der Waals surface area contributed by atoms with Gasteiger partial charge in [0.05, 0.1) is 18.1 Å². The molecule has 27 heavy (non-hydrogen) atoms. The van der Waals surface area contributed by atoms with Crippen molar-refractivity contribution in [1.29, 1.82) is 0 Å². The first-order chi connectivity index (χ1) is 12.7. The minimum absolute atomic E-state index is 0.0554. The number of esters is 1. The third-order valence-corrected chi connectivity index (χ3v) is 5.12. The van der Waals surface area contributed by atoms with Crippen molar-refractivity contribution in [3.63, 3.8) is 0 Å². The minimum Gasteiger partial charge on any atom is -0.461 e. The van der Waals surface area contributed by atoms with Crippen molar-refractivity contribution in [2.75, 3.05) is 23.5 Å². The highest BCUT2D eigenvalue weighted by Crippen LogP contribution is 2.24. The van der Waals surface area contributed by atoms with Crippen LogP contribution in [0.5, 0.6) is 0 Å². The zero-order valence-electron chi connectivity index (χ0n) is 15.3. The van der Waals surface area contributed by atoms with E-state index in [1.807, 2.05) is 13.8 Å². The number of aromatic nitrogens is 4. The molecule has 0 aliphatic heterocycles. The maximum Gasteiger partial charge on any atom is 0.350 e. The summed E-state index contributed by atoms with van der Waals surface area (Å²) >= 11 is 2.01. The van der Waals surface area contributed by atoms with Crippen LogP contribution >= 0.6 is 23.1 Å². The number of thiazole rings is 1. The number of nitrogen functional groups attached to an aromatic ring is 1. The van der Waals surface area contributed by atoms with Crippen molar-refractivity contribution in [3.05, 3.63) is 26.6 Å². The van der Waals surface area contributed by atoms with Crippen LogP contribution in [0.1, 0.15) is 34.9 Å². The molecule has 2 aromatic rings. The number of anilines is 1. The molecular weight excluding hydrogens is 392 g/mol. The summed E-state index contributed by atoms with van der Waals surface area (Å²) in [7, 11) is 0. The Balaban J connectivity index is 1.96. The average molecular weight is 412 g/mol. The van der Waals surface area contributed by atoms with Crippen LogP contribution in [0.15, 0.2) is 9.95 Å². The molecule has 0 aliphatic rings. The number of thioether (sulfide) groups is 1. The van der Waals surface area contributed by atoms with E-state index in [4.69, 9.17) is 10.6 Å². The summed E-state index contributed by atoms with van der Waals surface area (Å²) < 4.78 is 6.03. The van der Waals surface area contributed by atoms with Gasteiger partial charge < -0.3 is 15.9 Å². The largest absolute Gasteiger partial charge is 0.461 e. The quantitative estimate of drug-likeness (QED) is 0.386. The zero-order chi connectivity index (χ0) is 20.1. The molecule has 2 rings (SSSR count). The molecule has 0 fully saturated rings. The molecule has 0 saturated heterocycles. The molecule has 2 aromatic heterocycles. The first-order valence-corrected chi connectivity index (χ1v) is 9.77. The molecule has 2 heterocycles. The lowest BCUT2D eigenvalue weighted by atomic mass is 10.2. The fourth-order valence-electron chi connectivity index (χ4n) is 1.80. The van der Waals surface area contributed by atoms with Gasteiger partial charge >= 0.3 is 5.97 Å². The summed E-state index contributed by atoms with van der Waals surface area (Å²) in [4.78, 5) is 40.3. The van der Waals surface area contributed by atoms with Crippen molar-refractivity contribution in [2.24, 2.45) is 5.92 Å². The molecule has 1 amide bonds. The highest BCUT2D eigenvalue weighted by atomic mass is 32.2. The van der Waals surface area contributed by atoms with Gasteiger partial charge in [0.15, 0.2) is 5.13 Å². The van der Waals surface area contributed by atoms with Crippen molar-refractivity contribution in [1.82, 2.24) is 19.9 Å². The van der Waals surface area contributed by atoms with E-state index >= 15 is 0 Å². The van der Waals surface area contributed by atoms with Gasteiger partial charge in [0, 0.05) is 0 Å². The van der Waals surface area contributed by atoms with Gasteiger partial charge in [0.1, 0.15) is 10.6 Å². The molecule has 3 N–H and O–H groups in total. The van der Waals surface area contributed by atoms with Gasteiger partial charge in [-0.3, -0.25) is 9.59 Å². The maximum atomic E-state index is 12.1. The normalized spacial score (nSPS) is 10.9. The third-order valence-electron chi connectivity index (χ3n) is 3.13. The van der Waals surface area contributed by atoms with Crippen LogP contribution in [0.4, 0.5) is 5.13 Å². The van der Waals surface area contributed by atoms with E-state index in [0.29, 0.717) is 17.2 Å². The molecule has 0 aliphatic carbocycles. The van der Waals surface area contributed by atoms with Crippen LogP contribution in [-0.2, 0) is 9.53 Å². The lowest BCUT2D eigenvalue weighted by molar-refractivity contribution is -0.113. The molecule has 12 heteroatoms. The molecule has 0 aromatic carbocycles. The number of amides is 1.